The third kappa shape index (κ3) is 3.97. The Morgan fingerprint density at radius 2 is 1.81 bits per heavy atom. The Morgan fingerprint density at radius 3 is 2.67 bits per heavy atom. The van der Waals surface area contributed by atoms with Gasteiger partial charge < -0.3 is 19.4 Å². The van der Waals surface area contributed by atoms with E-state index in [1.807, 2.05) is 80.6 Å². The SMILES string of the molecule is Cc1[nH]c(CONc2ccc3c(c2)OCO3)c(C)c1-c1nc2ccc(C(=O)c3ccccc3)cc2[nH]1. The number of ketones is 1. The number of rotatable bonds is 7. The van der Waals surface area contributed by atoms with Crippen LogP contribution in [-0.2, 0) is 11.4 Å². The number of imidazole rings is 1. The van der Waals surface area contributed by atoms with Crippen molar-refractivity contribution in [2.24, 2.45) is 0 Å². The molecule has 3 heterocycles. The molecule has 3 aromatic carbocycles. The summed E-state index contributed by atoms with van der Waals surface area (Å²) < 4.78 is 10.7. The molecule has 0 bridgehead atoms. The van der Waals surface area contributed by atoms with Crippen LogP contribution in [-0.4, -0.2) is 27.5 Å². The van der Waals surface area contributed by atoms with Crippen LogP contribution in [0, 0.1) is 13.8 Å². The molecule has 0 saturated heterocycles. The Bertz CT molecular complexity index is 1590. The number of carbonyl (C=O) groups is 1. The van der Waals surface area contributed by atoms with Crippen LogP contribution in [0.5, 0.6) is 11.5 Å². The van der Waals surface area contributed by atoms with E-state index in [0.29, 0.717) is 23.5 Å². The van der Waals surface area contributed by atoms with Crippen LogP contribution < -0.4 is 15.0 Å². The number of aromatic nitrogens is 3. The van der Waals surface area contributed by atoms with Gasteiger partial charge in [0.2, 0.25) is 6.79 Å². The number of aryl methyl sites for hydroxylation is 1. The van der Waals surface area contributed by atoms with Gasteiger partial charge in [0.15, 0.2) is 17.3 Å². The number of nitrogens with zero attached hydrogens (tertiary/aromatic N) is 1. The maximum atomic E-state index is 12.9. The molecule has 8 heteroatoms. The number of carbonyl (C=O) groups excluding carboxylic acids is 1. The van der Waals surface area contributed by atoms with Gasteiger partial charge >= 0.3 is 0 Å². The van der Waals surface area contributed by atoms with Crippen molar-refractivity contribution in [3.05, 3.63) is 94.8 Å². The summed E-state index contributed by atoms with van der Waals surface area (Å²) in [5.41, 5.74) is 10.6. The van der Waals surface area contributed by atoms with Crippen LogP contribution >= 0.6 is 0 Å². The second kappa shape index (κ2) is 8.90. The van der Waals surface area contributed by atoms with E-state index >= 15 is 0 Å². The van der Waals surface area contributed by atoms with Gasteiger partial charge in [-0.05, 0) is 49.7 Å². The minimum Gasteiger partial charge on any atom is -0.454 e. The van der Waals surface area contributed by atoms with Gasteiger partial charge in [0.25, 0.3) is 0 Å². The van der Waals surface area contributed by atoms with Crippen molar-refractivity contribution in [1.29, 1.82) is 0 Å². The summed E-state index contributed by atoms with van der Waals surface area (Å²) in [4.78, 5) is 30.2. The summed E-state index contributed by atoms with van der Waals surface area (Å²) in [5.74, 6) is 2.15. The van der Waals surface area contributed by atoms with Crippen molar-refractivity contribution < 1.29 is 19.1 Å². The van der Waals surface area contributed by atoms with Gasteiger partial charge in [-0.15, -0.1) is 0 Å². The first kappa shape index (κ1) is 21.9. The van der Waals surface area contributed by atoms with Crippen LogP contribution in [0.15, 0.2) is 66.7 Å². The molecular formula is C28H24N4O4. The summed E-state index contributed by atoms with van der Waals surface area (Å²) in [6.07, 6.45) is 0. The van der Waals surface area contributed by atoms with E-state index in [9.17, 15) is 4.79 Å². The lowest BCUT2D eigenvalue weighted by atomic mass is 10.0. The molecule has 1 aliphatic heterocycles. The maximum Gasteiger partial charge on any atom is 0.231 e. The topological polar surface area (TPSA) is 101 Å². The molecule has 6 rings (SSSR count). The van der Waals surface area contributed by atoms with Crippen molar-refractivity contribution in [1.82, 2.24) is 15.0 Å². The van der Waals surface area contributed by atoms with Crippen molar-refractivity contribution in [2.45, 2.75) is 20.5 Å². The number of fused-ring (bicyclic) bond motifs is 2. The number of anilines is 1. The van der Waals surface area contributed by atoms with Crippen LogP contribution in [0.25, 0.3) is 22.4 Å². The minimum absolute atomic E-state index is 0.0166. The summed E-state index contributed by atoms with van der Waals surface area (Å²) >= 11 is 0. The average Bonchev–Trinajstić information content (AvgIpc) is 3.60. The Morgan fingerprint density at radius 1 is 0.972 bits per heavy atom. The molecule has 0 aliphatic carbocycles. The third-order valence-corrected chi connectivity index (χ3v) is 6.34. The van der Waals surface area contributed by atoms with Crippen molar-refractivity contribution in [3.8, 4) is 22.9 Å². The first-order valence-electron chi connectivity index (χ1n) is 11.6. The van der Waals surface area contributed by atoms with Crippen molar-refractivity contribution >= 4 is 22.5 Å². The minimum atomic E-state index is -0.0166. The number of nitrogens with one attached hydrogen (secondary N) is 3. The quantitative estimate of drug-likeness (QED) is 0.205. The monoisotopic (exact) mass is 480 g/mol. The molecule has 1 aliphatic rings. The first-order valence-corrected chi connectivity index (χ1v) is 11.6. The highest BCUT2D eigenvalue weighted by molar-refractivity contribution is 6.10. The molecule has 0 fully saturated rings. The van der Waals surface area contributed by atoms with Gasteiger partial charge in [-0.1, -0.05) is 30.3 Å². The lowest BCUT2D eigenvalue weighted by Gasteiger charge is -2.08. The summed E-state index contributed by atoms with van der Waals surface area (Å²) in [6.45, 7) is 4.61. The number of hydrogen-bond acceptors (Lipinski definition) is 6. The van der Waals surface area contributed by atoms with Crippen molar-refractivity contribution in [3.63, 3.8) is 0 Å². The fourth-order valence-electron chi connectivity index (χ4n) is 4.49. The molecule has 8 nitrogen and oxygen atoms in total. The third-order valence-electron chi connectivity index (χ3n) is 6.34. The Labute approximate surface area is 207 Å². The summed E-state index contributed by atoms with van der Waals surface area (Å²) in [7, 11) is 0. The number of hydrogen-bond donors (Lipinski definition) is 3. The molecular weight excluding hydrogens is 456 g/mol. The van der Waals surface area contributed by atoms with Crippen LogP contribution in [0.2, 0.25) is 0 Å². The number of H-pyrrole nitrogens is 2. The van der Waals surface area contributed by atoms with E-state index in [4.69, 9.17) is 19.3 Å². The molecule has 0 amide bonds. The number of aromatic amines is 2. The van der Waals surface area contributed by atoms with E-state index in [1.165, 1.54) is 0 Å². The van der Waals surface area contributed by atoms with Gasteiger partial charge in [0.05, 0.1) is 16.7 Å². The second-order valence-corrected chi connectivity index (χ2v) is 8.70. The second-order valence-electron chi connectivity index (χ2n) is 8.70. The molecule has 5 aromatic rings. The van der Waals surface area contributed by atoms with E-state index in [1.54, 1.807) is 0 Å². The Kier molecular flexibility index (Phi) is 5.42. The number of benzene rings is 3. The van der Waals surface area contributed by atoms with E-state index in [2.05, 4.69) is 15.4 Å². The lowest BCUT2D eigenvalue weighted by molar-refractivity contribution is 0.103. The van der Waals surface area contributed by atoms with E-state index in [-0.39, 0.29) is 12.6 Å². The normalized spacial score (nSPS) is 12.3. The Balaban J connectivity index is 1.21. The van der Waals surface area contributed by atoms with Gasteiger partial charge in [0.1, 0.15) is 12.4 Å². The van der Waals surface area contributed by atoms with Gasteiger partial charge in [-0.25, -0.2) is 4.98 Å². The average molecular weight is 481 g/mol. The van der Waals surface area contributed by atoms with Crippen LogP contribution in [0.1, 0.15) is 32.9 Å². The van der Waals surface area contributed by atoms with Gasteiger partial charge in [0, 0.05) is 34.1 Å². The zero-order valence-corrected chi connectivity index (χ0v) is 19.8. The highest BCUT2D eigenvalue weighted by Gasteiger charge is 2.18. The molecule has 0 saturated carbocycles. The molecule has 0 unspecified atom stereocenters. The first-order chi connectivity index (χ1) is 17.6. The molecule has 0 spiro atoms. The standard InChI is InChI=1S/C28H24N4O4/c1-16-23(14-36-32-20-9-11-24-25(13-20)35-15-34-24)29-17(2)26(16)28-30-21-10-8-19(12-22(21)31-28)27(33)18-6-4-3-5-7-18/h3-13,29,32H,14-15H2,1-2H3,(H,30,31). The molecule has 0 atom stereocenters. The van der Waals surface area contributed by atoms with Gasteiger partial charge in [-0.3, -0.25) is 15.1 Å². The van der Waals surface area contributed by atoms with E-state index < -0.39 is 0 Å². The van der Waals surface area contributed by atoms with Crippen LogP contribution in [0.3, 0.4) is 0 Å². The summed E-state index contributed by atoms with van der Waals surface area (Å²) in [5, 5.41) is 0. The van der Waals surface area contributed by atoms with Crippen LogP contribution in [0.4, 0.5) is 5.69 Å². The van der Waals surface area contributed by atoms with E-state index in [0.717, 1.165) is 50.8 Å². The molecule has 2 aromatic heterocycles. The fraction of sp³-hybridized carbons (Fsp3) is 0.143. The predicted octanol–water partition coefficient (Wildman–Crippen LogP) is 5.68. The maximum absolute atomic E-state index is 12.9. The summed E-state index contributed by atoms with van der Waals surface area (Å²) in [6, 6.07) is 20.4. The smallest absolute Gasteiger partial charge is 0.231 e. The zero-order valence-electron chi connectivity index (χ0n) is 19.8. The molecule has 3 N–H and O–H groups in total. The molecule has 36 heavy (non-hydrogen) atoms. The zero-order chi connectivity index (χ0) is 24.6. The fourth-order valence-corrected chi connectivity index (χ4v) is 4.49. The lowest BCUT2D eigenvalue weighted by Crippen LogP contribution is -2.02. The highest BCUT2D eigenvalue weighted by Crippen LogP contribution is 2.34. The Hall–Kier alpha value is -4.56. The molecule has 0 radical (unpaired) electrons. The molecule has 180 valence electrons. The number of ether oxygens (including phenoxy) is 2. The van der Waals surface area contributed by atoms with Gasteiger partial charge in [-0.2, -0.15) is 0 Å². The largest absolute Gasteiger partial charge is 0.454 e. The highest BCUT2D eigenvalue weighted by atomic mass is 16.7. The predicted molar refractivity (Wildman–Crippen MR) is 136 cm³/mol. The van der Waals surface area contributed by atoms with Crippen molar-refractivity contribution in [2.75, 3.05) is 12.3 Å².